The predicted molar refractivity (Wildman–Crippen MR) is 89.2 cm³/mol. The van der Waals surface area contributed by atoms with Crippen LogP contribution in [0, 0.1) is 0 Å². The second kappa shape index (κ2) is 5.04. The van der Waals surface area contributed by atoms with Crippen molar-refractivity contribution in [2.75, 3.05) is 5.73 Å². The average molecular weight is 298 g/mol. The zero-order valence-electron chi connectivity index (χ0n) is 12.4. The number of rotatable bonds is 2. The van der Waals surface area contributed by atoms with Crippen molar-refractivity contribution in [2.24, 2.45) is 0 Å². The summed E-state index contributed by atoms with van der Waals surface area (Å²) in [7, 11) is 0. The molecule has 3 rings (SSSR count). The summed E-state index contributed by atoms with van der Waals surface area (Å²) in [6.45, 7) is 6.59. The summed E-state index contributed by atoms with van der Waals surface area (Å²) in [6, 6.07) is 13.9. The molecule has 108 valence electrons. The third-order valence-corrected chi connectivity index (χ3v) is 4.21. The lowest BCUT2D eigenvalue weighted by molar-refractivity contribution is 0.479. The van der Waals surface area contributed by atoms with E-state index < -0.39 is 0 Å². The van der Waals surface area contributed by atoms with Gasteiger partial charge in [0.15, 0.2) is 0 Å². The topological polar surface area (TPSA) is 48.1 Å². The van der Waals surface area contributed by atoms with E-state index in [9.17, 15) is 0 Å². The highest BCUT2D eigenvalue weighted by Gasteiger charge is 2.13. The van der Waals surface area contributed by atoms with Gasteiger partial charge >= 0.3 is 0 Å². The Hall–Kier alpha value is -2.07. The van der Waals surface area contributed by atoms with Gasteiger partial charge in [-0.1, -0.05) is 44.2 Å². The smallest absolute Gasteiger partial charge is 0.279 e. The average Bonchev–Trinajstić information content (AvgIpc) is 2.79. The van der Waals surface area contributed by atoms with Crippen LogP contribution >= 0.6 is 11.3 Å². The first kappa shape index (κ1) is 13.9. The maximum absolute atomic E-state index is 5.84. The Labute approximate surface area is 128 Å². The number of fused-ring (bicyclic) bond motifs is 1. The molecule has 4 heteroatoms. The van der Waals surface area contributed by atoms with Crippen LogP contribution in [0.5, 0.6) is 10.9 Å². The van der Waals surface area contributed by atoms with Crippen LogP contribution in [0.25, 0.3) is 10.2 Å². The van der Waals surface area contributed by atoms with Crippen LogP contribution in [0.15, 0.2) is 42.5 Å². The van der Waals surface area contributed by atoms with Crippen LogP contribution in [-0.2, 0) is 5.41 Å². The summed E-state index contributed by atoms with van der Waals surface area (Å²) in [4.78, 5) is 4.46. The summed E-state index contributed by atoms with van der Waals surface area (Å²) in [5.74, 6) is 0.801. The first-order valence-electron chi connectivity index (χ1n) is 6.86. The van der Waals surface area contributed by atoms with Gasteiger partial charge in [-0.3, -0.25) is 0 Å². The Balaban J connectivity index is 1.84. The molecule has 0 saturated heterocycles. The number of ether oxygens (including phenoxy) is 1. The van der Waals surface area contributed by atoms with Crippen LogP contribution in [-0.4, -0.2) is 4.98 Å². The highest BCUT2D eigenvalue weighted by atomic mass is 32.1. The minimum absolute atomic E-state index is 0.145. The van der Waals surface area contributed by atoms with E-state index in [0.29, 0.717) is 5.19 Å². The number of anilines is 1. The minimum Gasteiger partial charge on any atom is -0.431 e. The second-order valence-electron chi connectivity index (χ2n) is 6.08. The van der Waals surface area contributed by atoms with Crippen molar-refractivity contribution in [1.29, 1.82) is 0 Å². The standard InChI is InChI=1S/C17H18N2OS/c1-17(2,3)11-4-7-13(8-5-11)20-16-19-14-9-6-12(18)10-15(14)21-16/h4-10H,18H2,1-3H3. The fourth-order valence-corrected chi connectivity index (χ4v) is 2.97. The molecule has 2 N–H and O–H groups in total. The van der Waals surface area contributed by atoms with Gasteiger partial charge in [-0.05, 0) is 41.3 Å². The van der Waals surface area contributed by atoms with Crippen molar-refractivity contribution < 1.29 is 4.74 Å². The summed E-state index contributed by atoms with van der Waals surface area (Å²) in [5.41, 5.74) is 8.87. The van der Waals surface area contributed by atoms with Crippen LogP contribution in [0.2, 0.25) is 0 Å². The third kappa shape index (κ3) is 3.00. The highest BCUT2D eigenvalue weighted by molar-refractivity contribution is 7.20. The Morgan fingerprint density at radius 3 is 2.43 bits per heavy atom. The number of nitrogens with zero attached hydrogens (tertiary/aromatic N) is 1. The fraction of sp³-hybridized carbons (Fsp3) is 0.235. The van der Waals surface area contributed by atoms with Crippen LogP contribution in [0.1, 0.15) is 26.3 Å². The molecule has 21 heavy (non-hydrogen) atoms. The van der Waals surface area contributed by atoms with Crippen LogP contribution in [0.3, 0.4) is 0 Å². The van der Waals surface area contributed by atoms with Crippen molar-refractivity contribution >= 4 is 27.2 Å². The predicted octanol–water partition coefficient (Wildman–Crippen LogP) is 4.97. The molecule has 0 unspecified atom stereocenters. The zero-order chi connectivity index (χ0) is 15.0. The van der Waals surface area contributed by atoms with Crippen molar-refractivity contribution in [3.8, 4) is 10.9 Å². The minimum atomic E-state index is 0.145. The lowest BCUT2D eigenvalue weighted by Gasteiger charge is -2.18. The lowest BCUT2D eigenvalue weighted by Crippen LogP contribution is -2.10. The normalized spacial score (nSPS) is 11.8. The number of hydrogen-bond acceptors (Lipinski definition) is 4. The van der Waals surface area contributed by atoms with Crippen LogP contribution in [0.4, 0.5) is 5.69 Å². The fourth-order valence-electron chi connectivity index (χ4n) is 2.09. The number of aromatic nitrogens is 1. The Bertz CT molecular complexity index is 770. The summed E-state index contributed by atoms with van der Waals surface area (Å²) in [5, 5.41) is 0.638. The van der Waals surface area contributed by atoms with E-state index in [1.807, 2.05) is 30.3 Å². The number of thiazole rings is 1. The molecule has 1 heterocycles. The first-order chi connectivity index (χ1) is 9.91. The van der Waals surface area contributed by atoms with Gasteiger partial charge in [0.2, 0.25) is 0 Å². The molecule has 0 aliphatic rings. The van der Waals surface area contributed by atoms with E-state index in [-0.39, 0.29) is 5.41 Å². The summed E-state index contributed by atoms with van der Waals surface area (Å²) < 4.78 is 6.88. The molecule has 0 radical (unpaired) electrons. The largest absolute Gasteiger partial charge is 0.431 e. The number of nitrogens with two attached hydrogens (primary N) is 1. The molecular formula is C17H18N2OS. The zero-order valence-corrected chi connectivity index (χ0v) is 13.2. The molecule has 0 aliphatic carbocycles. The molecule has 0 atom stereocenters. The maximum Gasteiger partial charge on any atom is 0.279 e. The summed E-state index contributed by atoms with van der Waals surface area (Å²) >= 11 is 1.50. The number of nitrogen functional groups attached to an aromatic ring is 1. The van der Waals surface area contributed by atoms with Gasteiger partial charge < -0.3 is 10.5 Å². The van der Waals surface area contributed by atoms with Crippen LogP contribution < -0.4 is 10.5 Å². The molecule has 0 fully saturated rings. The molecule has 0 saturated carbocycles. The monoisotopic (exact) mass is 298 g/mol. The van der Waals surface area contributed by atoms with Crippen molar-refractivity contribution in [3.63, 3.8) is 0 Å². The molecule has 0 aliphatic heterocycles. The molecule has 3 aromatic rings. The van der Waals surface area contributed by atoms with Gasteiger partial charge in [0.1, 0.15) is 5.75 Å². The highest BCUT2D eigenvalue weighted by Crippen LogP contribution is 2.33. The van der Waals surface area contributed by atoms with Crippen molar-refractivity contribution in [2.45, 2.75) is 26.2 Å². The van der Waals surface area contributed by atoms with E-state index in [4.69, 9.17) is 10.5 Å². The quantitative estimate of drug-likeness (QED) is 0.680. The van der Waals surface area contributed by atoms with Crippen molar-refractivity contribution in [1.82, 2.24) is 4.98 Å². The van der Waals surface area contributed by atoms with E-state index in [2.05, 4.69) is 37.9 Å². The Morgan fingerprint density at radius 2 is 1.76 bits per heavy atom. The maximum atomic E-state index is 5.84. The van der Waals surface area contributed by atoms with E-state index in [0.717, 1.165) is 21.7 Å². The molecule has 3 nitrogen and oxygen atoms in total. The molecule has 0 amide bonds. The molecule has 1 aromatic heterocycles. The van der Waals surface area contributed by atoms with Gasteiger partial charge in [0, 0.05) is 5.69 Å². The number of hydrogen-bond donors (Lipinski definition) is 1. The van der Waals surface area contributed by atoms with E-state index in [1.54, 1.807) is 0 Å². The molecule has 2 aromatic carbocycles. The van der Waals surface area contributed by atoms with Gasteiger partial charge in [-0.25, -0.2) is 4.98 Å². The third-order valence-electron chi connectivity index (χ3n) is 3.32. The molecule has 0 bridgehead atoms. The Kier molecular flexibility index (Phi) is 3.33. The van der Waals surface area contributed by atoms with Gasteiger partial charge in [0.05, 0.1) is 10.2 Å². The first-order valence-corrected chi connectivity index (χ1v) is 7.68. The van der Waals surface area contributed by atoms with Crippen molar-refractivity contribution in [3.05, 3.63) is 48.0 Å². The van der Waals surface area contributed by atoms with E-state index in [1.165, 1.54) is 16.9 Å². The summed E-state index contributed by atoms with van der Waals surface area (Å²) in [6.07, 6.45) is 0. The molecule has 0 spiro atoms. The second-order valence-corrected chi connectivity index (χ2v) is 7.08. The Morgan fingerprint density at radius 1 is 1.05 bits per heavy atom. The van der Waals surface area contributed by atoms with Gasteiger partial charge in [-0.2, -0.15) is 0 Å². The SMILES string of the molecule is CC(C)(C)c1ccc(Oc2nc3ccc(N)cc3s2)cc1. The van der Waals surface area contributed by atoms with E-state index >= 15 is 0 Å². The lowest BCUT2D eigenvalue weighted by atomic mass is 9.87. The van der Waals surface area contributed by atoms with Gasteiger partial charge in [0.25, 0.3) is 5.19 Å². The molecular weight excluding hydrogens is 280 g/mol. The van der Waals surface area contributed by atoms with Gasteiger partial charge in [-0.15, -0.1) is 0 Å². The number of benzene rings is 2.